The molecule has 27 heavy (non-hydrogen) atoms. The van der Waals surface area contributed by atoms with Crippen molar-refractivity contribution < 1.29 is 0 Å². The molecule has 1 aromatic rings. The van der Waals surface area contributed by atoms with Gasteiger partial charge in [-0.2, -0.15) is 0 Å². The fraction of sp³-hybridized carbons (Fsp3) is 0.760. The molecule has 4 fully saturated rings. The normalized spacial score (nSPS) is 36.6. The number of hydrogen-bond acceptors (Lipinski definition) is 2. The minimum absolute atomic E-state index is 0.809. The van der Waals surface area contributed by atoms with Crippen molar-refractivity contribution >= 4 is 0 Å². The van der Waals surface area contributed by atoms with Gasteiger partial charge in [0, 0.05) is 31.2 Å². The largest absolute Gasteiger partial charge is 0.298 e. The van der Waals surface area contributed by atoms with Crippen LogP contribution in [0.4, 0.5) is 0 Å². The molecule has 2 atom stereocenters. The van der Waals surface area contributed by atoms with E-state index in [0.29, 0.717) is 0 Å². The second-order valence-corrected chi connectivity index (χ2v) is 9.79. The van der Waals surface area contributed by atoms with E-state index in [1.165, 1.54) is 90.3 Å². The van der Waals surface area contributed by atoms with E-state index in [0.717, 1.165) is 30.0 Å². The van der Waals surface area contributed by atoms with Gasteiger partial charge in [0.05, 0.1) is 0 Å². The maximum Gasteiger partial charge on any atom is 0.0283 e. The lowest BCUT2D eigenvalue weighted by Crippen LogP contribution is -2.63. The van der Waals surface area contributed by atoms with Crippen LogP contribution in [0.25, 0.3) is 0 Å². The molecule has 0 unspecified atom stereocenters. The van der Waals surface area contributed by atoms with Crippen molar-refractivity contribution in [3.05, 3.63) is 35.9 Å². The van der Waals surface area contributed by atoms with Crippen molar-refractivity contribution in [3.8, 4) is 0 Å². The monoisotopic (exact) mass is 366 g/mol. The molecule has 0 bridgehead atoms. The molecule has 4 aliphatic rings. The fourth-order valence-corrected chi connectivity index (χ4v) is 7.08. The highest BCUT2D eigenvalue weighted by molar-refractivity contribution is 5.20. The van der Waals surface area contributed by atoms with Crippen LogP contribution in [0.2, 0.25) is 0 Å². The summed E-state index contributed by atoms with van der Waals surface area (Å²) < 4.78 is 0. The number of rotatable bonds is 3. The van der Waals surface area contributed by atoms with Crippen molar-refractivity contribution in [2.24, 2.45) is 5.92 Å². The Hall–Kier alpha value is -0.860. The van der Waals surface area contributed by atoms with Crippen LogP contribution in [-0.2, 0) is 0 Å². The molecule has 2 heterocycles. The molecular formula is C25H38N2. The summed E-state index contributed by atoms with van der Waals surface area (Å²) in [5.41, 5.74) is 1.58. The van der Waals surface area contributed by atoms with E-state index < -0.39 is 0 Å². The highest BCUT2D eigenvalue weighted by atomic mass is 15.3. The van der Waals surface area contributed by atoms with Crippen LogP contribution >= 0.6 is 0 Å². The number of nitrogens with zero attached hydrogens (tertiary/aromatic N) is 2. The summed E-state index contributed by atoms with van der Waals surface area (Å²) >= 11 is 0. The van der Waals surface area contributed by atoms with Crippen LogP contribution in [0.3, 0.4) is 0 Å². The van der Waals surface area contributed by atoms with Gasteiger partial charge in [0.1, 0.15) is 0 Å². The third-order valence-corrected chi connectivity index (χ3v) is 8.41. The number of benzene rings is 1. The summed E-state index contributed by atoms with van der Waals surface area (Å²) in [7, 11) is 0. The summed E-state index contributed by atoms with van der Waals surface area (Å²) in [6.07, 6.45) is 16.0. The zero-order chi connectivity index (χ0) is 18.1. The quantitative estimate of drug-likeness (QED) is 0.702. The molecule has 2 aliphatic carbocycles. The summed E-state index contributed by atoms with van der Waals surface area (Å²) in [5.74, 6) is 1.79. The Balaban J connectivity index is 1.29. The Bertz CT molecular complexity index is 586. The van der Waals surface area contributed by atoms with E-state index in [9.17, 15) is 0 Å². The molecule has 0 amide bonds. The maximum absolute atomic E-state index is 3.06. The van der Waals surface area contributed by atoms with E-state index in [2.05, 4.69) is 40.1 Å². The Morgan fingerprint density at radius 1 is 0.667 bits per heavy atom. The third-order valence-electron chi connectivity index (χ3n) is 8.41. The van der Waals surface area contributed by atoms with E-state index in [-0.39, 0.29) is 0 Å². The van der Waals surface area contributed by atoms with Crippen molar-refractivity contribution in [3.63, 3.8) is 0 Å². The van der Waals surface area contributed by atoms with Gasteiger partial charge in [-0.15, -0.1) is 0 Å². The zero-order valence-electron chi connectivity index (χ0n) is 17.1. The summed E-state index contributed by atoms with van der Waals surface area (Å²) in [6, 6.07) is 13.9. The van der Waals surface area contributed by atoms with E-state index in [1.807, 2.05) is 0 Å². The fourth-order valence-electron chi connectivity index (χ4n) is 7.08. The van der Waals surface area contributed by atoms with Crippen LogP contribution in [0.1, 0.15) is 82.1 Å². The average Bonchev–Trinajstić information content (AvgIpc) is 3.23. The molecule has 2 nitrogen and oxygen atoms in total. The van der Waals surface area contributed by atoms with Gasteiger partial charge in [0.15, 0.2) is 0 Å². The molecule has 0 spiro atoms. The molecule has 148 valence electrons. The van der Waals surface area contributed by atoms with Gasteiger partial charge in [-0.3, -0.25) is 9.80 Å². The lowest BCUT2D eigenvalue weighted by atomic mass is 9.76. The van der Waals surface area contributed by atoms with Crippen LogP contribution < -0.4 is 0 Å². The van der Waals surface area contributed by atoms with Crippen molar-refractivity contribution in [2.75, 3.05) is 19.6 Å². The van der Waals surface area contributed by atoms with Crippen molar-refractivity contribution in [1.82, 2.24) is 9.80 Å². The van der Waals surface area contributed by atoms with Crippen LogP contribution in [0.5, 0.6) is 0 Å². The first-order chi connectivity index (χ1) is 13.4. The molecule has 2 aliphatic heterocycles. The van der Waals surface area contributed by atoms with Gasteiger partial charge in [-0.1, -0.05) is 49.6 Å². The first-order valence-electron chi connectivity index (χ1n) is 11.9. The molecule has 2 saturated carbocycles. The highest BCUT2D eigenvalue weighted by Crippen LogP contribution is 2.42. The summed E-state index contributed by atoms with van der Waals surface area (Å²) in [4.78, 5) is 5.93. The predicted molar refractivity (Wildman–Crippen MR) is 113 cm³/mol. The standard InChI is InChI=1S/C25H38N2/c1-3-8-20(9-4-1)21-13-15-23(16-14-21)27-19-18-26-17-7-12-24(26)25(27)22-10-5-2-6-11-22/h1,3-4,8-9,21-25H,2,5-7,10-19H2/t21?,23?,24-,25-/m1/s1. The van der Waals surface area contributed by atoms with Gasteiger partial charge >= 0.3 is 0 Å². The zero-order valence-corrected chi connectivity index (χ0v) is 17.1. The van der Waals surface area contributed by atoms with Gasteiger partial charge in [-0.05, 0) is 75.3 Å². The average molecular weight is 367 g/mol. The molecule has 5 rings (SSSR count). The van der Waals surface area contributed by atoms with Crippen LogP contribution in [-0.4, -0.2) is 47.6 Å². The first-order valence-corrected chi connectivity index (χ1v) is 11.9. The Kier molecular flexibility index (Phi) is 5.56. The SMILES string of the molecule is c1ccc(C2CCC(N3CCN4CCC[C@@H]4[C@H]3C3CCCCC3)CC2)cc1. The van der Waals surface area contributed by atoms with Crippen LogP contribution in [0.15, 0.2) is 30.3 Å². The Morgan fingerprint density at radius 3 is 2.22 bits per heavy atom. The van der Waals surface area contributed by atoms with Gasteiger partial charge in [0.2, 0.25) is 0 Å². The van der Waals surface area contributed by atoms with Crippen molar-refractivity contribution in [1.29, 1.82) is 0 Å². The van der Waals surface area contributed by atoms with E-state index in [1.54, 1.807) is 5.56 Å². The smallest absolute Gasteiger partial charge is 0.0283 e. The predicted octanol–water partition coefficient (Wildman–Crippen LogP) is 5.44. The molecule has 0 N–H and O–H groups in total. The van der Waals surface area contributed by atoms with Crippen LogP contribution in [0, 0.1) is 5.92 Å². The second-order valence-electron chi connectivity index (χ2n) is 9.79. The number of hydrogen-bond donors (Lipinski definition) is 0. The van der Waals surface area contributed by atoms with Gasteiger partial charge < -0.3 is 0 Å². The lowest BCUT2D eigenvalue weighted by molar-refractivity contribution is -0.0336. The molecule has 0 radical (unpaired) electrons. The second kappa shape index (κ2) is 8.25. The molecule has 1 aromatic carbocycles. The van der Waals surface area contributed by atoms with Gasteiger partial charge in [-0.25, -0.2) is 0 Å². The van der Waals surface area contributed by atoms with E-state index in [4.69, 9.17) is 0 Å². The molecule has 2 heteroatoms. The molecular weight excluding hydrogens is 328 g/mol. The Morgan fingerprint density at radius 2 is 1.44 bits per heavy atom. The maximum atomic E-state index is 3.06. The Labute approximate surface area is 166 Å². The minimum atomic E-state index is 0.809. The highest BCUT2D eigenvalue weighted by Gasteiger charge is 2.45. The third kappa shape index (κ3) is 3.72. The van der Waals surface area contributed by atoms with Gasteiger partial charge in [0.25, 0.3) is 0 Å². The lowest BCUT2D eigenvalue weighted by Gasteiger charge is -2.53. The number of piperazine rings is 1. The minimum Gasteiger partial charge on any atom is -0.298 e. The topological polar surface area (TPSA) is 6.48 Å². The molecule has 2 saturated heterocycles. The summed E-state index contributed by atoms with van der Waals surface area (Å²) in [6.45, 7) is 4.06. The van der Waals surface area contributed by atoms with E-state index >= 15 is 0 Å². The summed E-state index contributed by atoms with van der Waals surface area (Å²) in [5, 5.41) is 0. The molecule has 0 aromatic heterocycles. The van der Waals surface area contributed by atoms with Crippen molar-refractivity contribution in [2.45, 2.75) is 94.7 Å². The first kappa shape index (κ1) is 18.2. The number of fused-ring (bicyclic) bond motifs is 1.